The molecule has 0 radical (unpaired) electrons. The first kappa shape index (κ1) is 15.8. The van der Waals surface area contributed by atoms with Crippen molar-refractivity contribution in [2.75, 3.05) is 0 Å². The summed E-state index contributed by atoms with van der Waals surface area (Å²) >= 11 is 6.38. The maximum Gasteiger partial charge on any atom is 0.162 e. The van der Waals surface area contributed by atoms with Crippen molar-refractivity contribution in [1.29, 1.82) is 5.26 Å². The molecule has 0 aromatic heterocycles. The molecule has 0 amide bonds. The fourth-order valence-corrected chi connectivity index (χ4v) is 3.85. The standard InChI is InChI=1S/C19H19ClN2O/c1-11-13(10-21)17(12-6-4-5-7-14(12)20)18-15(22-11)8-19(2,3)9-16(18)23/h4-7,17,22H,8-9H2,1-3H3/t17-/m0/s1. The number of carbonyl (C=O) groups is 1. The van der Waals surface area contributed by atoms with Crippen LogP contribution in [0.5, 0.6) is 0 Å². The Labute approximate surface area is 141 Å². The molecule has 1 atom stereocenters. The van der Waals surface area contributed by atoms with Crippen molar-refractivity contribution in [3.63, 3.8) is 0 Å². The predicted octanol–water partition coefficient (Wildman–Crippen LogP) is 4.47. The van der Waals surface area contributed by atoms with Crippen molar-refractivity contribution in [2.45, 2.75) is 39.5 Å². The van der Waals surface area contributed by atoms with Crippen LogP contribution in [0.1, 0.15) is 45.1 Å². The van der Waals surface area contributed by atoms with E-state index in [0.29, 0.717) is 22.6 Å². The predicted molar refractivity (Wildman–Crippen MR) is 90.7 cm³/mol. The zero-order chi connectivity index (χ0) is 16.8. The van der Waals surface area contributed by atoms with E-state index in [-0.39, 0.29) is 17.1 Å². The molecule has 1 aromatic carbocycles. The highest BCUT2D eigenvalue weighted by Gasteiger charge is 2.41. The second-order valence-corrected chi connectivity index (χ2v) is 7.47. The van der Waals surface area contributed by atoms with E-state index in [1.165, 1.54) is 0 Å². The Morgan fingerprint density at radius 2 is 2.00 bits per heavy atom. The summed E-state index contributed by atoms with van der Waals surface area (Å²) in [5.74, 6) is -0.262. The lowest BCUT2D eigenvalue weighted by Crippen LogP contribution is -2.36. The van der Waals surface area contributed by atoms with Crippen LogP contribution in [0.15, 0.2) is 46.8 Å². The number of hydrogen-bond acceptors (Lipinski definition) is 3. The summed E-state index contributed by atoms with van der Waals surface area (Å²) in [5.41, 5.74) is 3.78. The van der Waals surface area contributed by atoms with Gasteiger partial charge in [0.1, 0.15) is 0 Å². The maximum atomic E-state index is 12.8. The van der Waals surface area contributed by atoms with E-state index in [1.807, 2.05) is 25.1 Å². The van der Waals surface area contributed by atoms with Crippen molar-refractivity contribution in [2.24, 2.45) is 5.41 Å². The lowest BCUT2D eigenvalue weighted by atomic mass is 9.69. The van der Waals surface area contributed by atoms with Gasteiger partial charge in [0.05, 0.1) is 17.6 Å². The average molecular weight is 327 g/mol. The first-order valence-corrected chi connectivity index (χ1v) is 8.10. The largest absolute Gasteiger partial charge is 0.361 e. The molecule has 118 valence electrons. The van der Waals surface area contributed by atoms with Gasteiger partial charge in [-0.2, -0.15) is 5.26 Å². The van der Waals surface area contributed by atoms with Crippen molar-refractivity contribution in [3.05, 3.63) is 57.4 Å². The lowest BCUT2D eigenvalue weighted by molar-refractivity contribution is -0.118. The van der Waals surface area contributed by atoms with Crippen LogP contribution in [0.3, 0.4) is 0 Å². The number of nitriles is 1. The Morgan fingerprint density at radius 1 is 1.30 bits per heavy atom. The molecule has 0 spiro atoms. The number of allylic oxidation sites excluding steroid dienone is 4. The topological polar surface area (TPSA) is 52.9 Å². The molecule has 1 aromatic rings. The number of nitrogens with zero attached hydrogens (tertiary/aromatic N) is 1. The smallest absolute Gasteiger partial charge is 0.162 e. The number of hydrogen-bond donors (Lipinski definition) is 1. The van der Waals surface area contributed by atoms with Gasteiger partial charge >= 0.3 is 0 Å². The van der Waals surface area contributed by atoms with Crippen LogP contribution in [-0.2, 0) is 4.79 Å². The van der Waals surface area contributed by atoms with Crippen molar-refractivity contribution >= 4 is 17.4 Å². The molecule has 0 fully saturated rings. The zero-order valence-electron chi connectivity index (χ0n) is 13.5. The van der Waals surface area contributed by atoms with Gasteiger partial charge in [-0.1, -0.05) is 43.6 Å². The van der Waals surface area contributed by atoms with E-state index >= 15 is 0 Å². The quantitative estimate of drug-likeness (QED) is 0.828. The number of Topliss-reactive ketones (excluding diaryl/α,β-unsaturated/α-hetero) is 1. The number of ketones is 1. The van der Waals surface area contributed by atoms with E-state index in [1.54, 1.807) is 6.07 Å². The van der Waals surface area contributed by atoms with Crippen molar-refractivity contribution in [3.8, 4) is 6.07 Å². The lowest BCUT2D eigenvalue weighted by Gasteiger charge is -2.38. The first-order chi connectivity index (χ1) is 10.8. The zero-order valence-corrected chi connectivity index (χ0v) is 14.3. The normalized spacial score (nSPS) is 23.3. The minimum absolute atomic E-state index is 0.0711. The van der Waals surface area contributed by atoms with E-state index in [9.17, 15) is 10.1 Å². The van der Waals surface area contributed by atoms with Crippen LogP contribution in [0.4, 0.5) is 0 Å². The fraction of sp³-hybridized carbons (Fsp3) is 0.368. The second kappa shape index (κ2) is 5.54. The van der Waals surface area contributed by atoms with Crippen LogP contribution in [-0.4, -0.2) is 5.78 Å². The molecule has 3 nitrogen and oxygen atoms in total. The molecule has 0 bridgehead atoms. The van der Waals surface area contributed by atoms with Crippen LogP contribution in [0, 0.1) is 16.7 Å². The van der Waals surface area contributed by atoms with Gasteiger partial charge in [0.2, 0.25) is 0 Å². The van der Waals surface area contributed by atoms with Crippen molar-refractivity contribution < 1.29 is 4.79 Å². The average Bonchev–Trinajstić information content (AvgIpc) is 2.45. The van der Waals surface area contributed by atoms with Gasteiger partial charge in [-0.05, 0) is 30.4 Å². The Morgan fingerprint density at radius 3 is 2.65 bits per heavy atom. The summed E-state index contributed by atoms with van der Waals surface area (Å²) in [7, 11) is 0. The molecule has 1 heterocycles. The molecule has 1 aliphatic heterocycles. The van der Waals surface area contributed by atoms with Crippen LogP contribution < -0.4 is 5.32 Å². The maximum absolute atomic E-state index is 12.8. The molecule has 0 saturated carbocycles. The summed E-state index contributed by atoms with van der Waals surface area (Å²) in [6.07, 6.45) is 1.29. The number of halogens is 1. The molecule has 1 N–H and O–H groups in total. The summed E-state index contributed by atoms with van der Waals surface area (Å²) < 4.78 is 0. The van der Waals surface area contributed by atoms with Gasteiger partial charge in [0.25, 0.3) is 0 Å². The highest BCUT2D eigenvalue weighted by Crippen LogP contribution is 2.47. The van der Waals surface area contributed by atoms with E-state index in [2.05, 4.69) is 25.2 Å². The first-order valence-electron chi connectivity index (χ1n) is 7.72. The van der Waals surface area contributed by atoms with Crippen molar-refractivity contribution in [1.82, 2.24) is 5.32 Å². The fourth-order valence-electron chi connectivity index (χ4n) is 3.60. The molecule has 0 saturated heterocycles. The van der Waals surface area contributed by atoms with E-state index in [0.717, 1.165) is 23.4 Å². The minimum Gasteiger partial charge on any atom is -0.361 e. The molecule has 4 heteroatoms. The van der Waals surface area contributed by atoms with Crippen LogP contribution >= 0.6 is 11.6 Å². The summed E-state index contributed by atoms with van der Waals surface area (Å²) in [6.45, 7) is 6.08. The van der Waals surface area contributed by atoms with Gasteiger partial charge in [0.15, 0.2) is 5.78 Å². The number of carbonyl (C=O) groups excluding carboxylic acids is 1. The molecule has 23 heavy (non-hydrogen) atoms. The third-order valence-corrected chi connectivity index (χ3v) is 4.92. The number of benzene rings is 1. The van der Waals surface area contributed by atoms with Crippen LogP contribution in [0.2, 0.25) is 5.02 Å². The number of nitrogens with one attached hydrogen (secondary N) is 1. The molecular weight excluding hydrogens is 308 g/mol. The summed E-state index contributed by atoms with van der Waals surface area (Å²) in [5, 5.41) is 13.5. The Kier molecular flexibility index (Phi) is 3.82. The minimum atomic E-state index is -0.367. The summed E-state index contributed by atoms with van der Waals surface area (Å²) in [4.78, 5) is 12.8. The number of dihydropyridines is 1. The molecule has 2 aliphatic rings. The van der Waals surface area contributed by atoms with E-state index < -0.39 is 0 Å². The highest BCUT2D eigenvalue weighted by atomic mass is 35.5. The number of rotatable bonds is 1. The van der Waals surface area contributed by atoms with Gasteiger partial charge in [-0.25, -0.2) is 0 Å². The summed E-state index contributed by atoms with van der Waals surface area (Å²) in [6, 6.07) is 9.74. The highest BCUT2D eigenvalue weighted by molar-refractivity contribution is 6.31. The van der Waals surface area contributed by atoms with Gasteiger partial charge in [-0.15, -0.1) is 0 Å². The van der Waals surface area contributed by atoms with E-state index in [4.69, 9.17) is 11.6 Å². The van der Waals surface area contributed by atoms with Gasteiger partial charge in [-0.3, -0.25) is 4.79 Å². The Hall–Kier alpha value is -2.05. The van der Waals surface area contributed by atoms with Gasteiger partial charge < -0.3 is 5.32 Å². The van der Waals surface area contributed by atoms with Crippen LogP contribution in [0.25, 0.3) is 0 Å². The Bertz CT molecular complexity index is 796. The molecule has 1 aliphatic carbocycles. The Balaban J connectivity index is 2.22. The monoisotopic (exact) mass is 326 g/mol. The third-order valence-electron chi connectivity index (χ3n) is 4.58. The van der Waals surface area contributed by atoms with Gasteiger partial charge in [0, 0.05) is 28.4 Å². The third kappa shape index (κ3) is 2.68. The molecule has 0 unspecified atom stereocenters. The SMILES string of the molecule is CC1=C(C#N)[C@H](c2ccccc2Cl)C2=C(CC(C)(C)CC2=O)N1. The second-order valence-electron chi connectivity index (χ2n) is 7.06. The molecule has 3 rings (SSSR count). The molecular formula is C19H19ClN2O.